The maximum absolute atomic E-state index is 11.7. The first-order valence-corrected chi connectivity index (χ1v) is 11.6. The highest BCUT2D eigenvalue weighted by atomic mass is 32.2. The quantitative estimate of drug-likeness (QED) is 0.461. The van der Waals surface area contributed by atoms with Crippen LogP contribution in [0.25, 0.3) is 0 Å². The monoisotopic (exact) mass is 398 g/mol. The fraction of sp³-hybridized carbons (Fsp3) is 0.611. The van der Waals surface area contributed by atoms with Gasteiger partial charge in [-0.2, -0.15) is 11.8 Å². The molecular weight excluding hydrogens is 368 g/mol. The zero-order chi connectivity index (χ0) is 19.0. The van der Waals surface area contributed by atoms with Crippen LogP contribution < -0.4 is 15.4 Å². The summed E-state index contributed by atoms with van der Waals surface area (Å²) in [5.41, 5.74) is 1.76. The van der Waals surface area contributed by atoms with Crippen LogP contribution in [-0.2, 0) is 22.3 Å². The van der Waals surface area contributed by atoms with Crippen molar-refractivity contribution in [1.82, 2.24) is 15.4 Å². The number of thioether (sulfide) groups is 1. The predicted molar refractivity (Wildman–Crippen MR) is 111 cm³/mol. The van der Waals surface area contributed by atoms with Crippen molar-refractivity contribution in [2.75, 3.05) is 25.9 Å². The number of benzene rings is 1. The van der Waals surface area contributed by atoms with Crippen LogP contribution >= 0.6 is 11.8 Å². The lowest BCUT2D eigenvalue weighted by Gasteiger charge is -2.24. The molecule has 1 heterocycles. The number of rotatable bonds is 8. The molecular formula is C18H30N4O2S2. The average molecular weight is 399 g/mol. The number of hydrogen-bond donors (Lipinski definition) is 3. The van der Waals surface area contributed by atoms with Crippen LogP contribution in [-0.4, -0.2) is 45.0 Å². The molecule has 0 radical (unpaired) electrons. The number of aliphatic imine (C=N–C) groups is 1. The van der Waals surface area contributed by atoms with Crippen LogP contribution in [0.1, 0.15) is 37.8 Å². The minimum absolute atomic E-state index is 0.0189. The summed E-state index contributed by atoms with van der Waals surface area (Å²) in [5, 5.41) is 6.73. The molecule has 0 amide bonds. The molecule has 0 spiro atoms. The van der Waals surface area contributed by atoms with E-state index in [0.717, 1.165) is 30.2 Å². The number of sulfonamides is 1. The highest BCUT2D eigenvalue weighted by Gasteiger charge is 2.29. The van der Waals surface area contributed by atoms with E-state index in [4.69, 9.17) is 0 Å². The Morgan fingerprint density at radius 1 is 1.31 bits per heavy atom. The van der Waals surface area contributed by atoms with Crippen LogP contribution in [0.3, 0.4) is 0 Å². The SMILES string of the molecule is CCNC(=NCc1cccc(CS(=O)(=O)NC)c1)NCC1(C)CCCS1. The maximum Gasteiger partial charge on any atom is 0.215 e. The molecule has 1 aliphatic heterocycles. The van der Waals surface area contributed by atoms with Crippen molar-refractivity contribution < 1.29 is 8.42 Å². The van der Waals surface area contributed by atoms with Gasteiger partial charge in [0, 0.05) is 17.8 Å². The lowest BCUT2D eigenvalue weighted by molar-refractivity contribution is 0.584. The van der Waals surface area contributed by atoms with Crippen molar-refractivity contribution in [2.45, 2.75) is 43.7 Å². The van der Waals surface area contributed by atoms with Gasteiger partial charge in [0.15, 0.2) is 5.96 Å². The van der Waals surface area contributed by atoms with E-state index in [1.165, 1.54) is 25.6 Å². The third-order valence-corrected chi connectivity index (χ3v) is 7.23. The first kappa shape index (κ1) is 21.1. The second-order valence-corrected chi connectivity index (χ2v) is 10.3. The van der Waals surface area contributed by atoms with Gasteiger partial charge >= 0.3 is 0 Å². The molecule has 146 valence electrons. The van der Waals surface area contributed by atoms with Gasteiger partial charge in [-0.3, -0.25) is 0 Å². The molecule has 2 rings (SSSR count). The second-order valence-electron chi connectivity index (χ2n) is 6.73. The predicted octanol–water partition coefficient (Wildman–Crippen LogP) is 2.08. The Labute approximate surface area is 161 Å². The maximum atomic E-state index is 11.7. The first-order chi connectivity index (χ1) is 12.4. The average Bonchev–Trinajstić information content (AvgIpc) is 3.04. The van der Waals surface area contributed by atoms with E-state index in [1.807, 2.05) is 43.0 Å². The Morgan fingerprint density at radius 2 is 2.08 bits per heavy atom. The van der Waals surface area contributed by atoms with Gasteiger partial charge in [-0.1, -0.05) is 24.3 Å². The van der Waals surface area contributed by atoms with E-state index in [1.54, 1.807) is 0 Å². The molecule has 6 nitrogen and oxygen atoms in total. The van der Waals surface area contributed by atoms with Gasteiger partial charge in [-0.15, -0.1) is 0 Å². The molecule has 1 saturated heterocycles. The summed E-state index contributed by atoms with van der Waals surface area (Å²) < 4.78 is 26.0. The molecule has 1 unspecified atom stereocenters. The zero-order valence-corrected chi connectivity index (χ0v) is 17.5. The van der Waals surface area contributed by atoms with Gasteiger partial charge in [-0.05, 0) is 50.6 Å². The molecule has 1 atom stereocenters. The summed E-state index contributed by atoms with van der Waals surface area (Å²) in [7, 11) is -1.84. The second kappa shape index (κ2) is 9.62. The Hall–Kier alpha value is -1.25. The standard InChI is InChI=1S/C18H30N4O2S2/c1-4-20-17(22-14-18(2)9-6-10-25-18)21-12-15-7-5-8-16(11-15)13-26(23,24)19-3/h5,7-8,11,19H,4,6,9-10,12-14H2,1-3H3,(H2,20,21,22). The summed E-state index contributed by atoms with van der Waals surface area (Å²) in [6.45, 7) is 6.55. The summed E-state index contributed by atoms with van der Waals surface area (Å²) in [4.78, 5) is 4.65. The summed E-state index contributed by atoms with van der Waals surface area (Å²) in [5.74, 6) is 2.01. The molecule has 3 N–H and O–H groups in total. The largest absolute Gasteiger partial charge is 0.357 e. The van der Waals surface area contributed by atoms with Crippen molar-refractivity contribution in [2.24, 2.45) is 4.99 Å². The zero-order valence-electron chi connectivity index (χ0n) is 15.8. The number of nitrogens with zero attached hydrogens (tertiary/aromatic N) is 1. The van der Waals surface area contributed by atoms with Crippen LogP contribution in [0, 0.1) is 0 Å². The minimum atomic E-state index is -3.27. The van der Waals surface area contributed by atoms with Gasteiger partial charge in [0.25, 0.3) is 0 Å². The van der Waals surface area contributed by atoms with Crippen LogP contribution in [0.4, 0.5) is 0 Å². The Balaban J connectivity index is 1.99. The Kier molecular flexibility index (Phi) is 7.79. The lowest BCUT2D eigenvalue weighted by Crippen LogP contribution is -2.43. The van der Waals surface area contributed by atoms with Crippen LogP contribution in [0.5, 0.6) is 0 Å². The molecule has 1 fully saturated rings. The molecule has 8 heteroatoms. The fourth-order valence-corrected chi connectivity index (χ4v) is 4.88. The van der Waals surface area contributed by atoms with E-state index in [2.05, 4.69) is 27.3 Å². The molecule has 1 aromatic rings. The highest BCUT2D eigenvalue weighted by molar-refractivity contribution is 8.00. The number of hydrogen-bond acceptors (Lipinski definition) is 4. The Morgan fingerprint density at radius 3 is 2.73 bits per heavy atom. The van der Waals surface area contributed by atoms with Crippen molar-refractivity contribution in [1.29, 1.82) is 0 Å². The van der Waals surface area contributed by atoms with Crippen molar-refractivity contribution in [3.05, 3.63) is 35.4 Å². The fourth-order valence-electron chi connectivity index (χ4n) is 2.87. The molecule has 26 heavy (non-hydrogen) atoms. The van der Waals surface area contributed by atoms with Crippen LogP contribution in [0.2, 0.25) is 0 Å². The van der Waals surface area contributed by atoms with Gasteiger partial charge in [0.2, 0.25) is 10.0 Å². The molecule has 0 saturated carbocycles. The third-order valence-electron chi connectivity index (χ3n) is 4.35. The van der Waals surface area contributed by atoms with E-state index in [0.29, 0.717) is 6.54 Å². The molecule has 1 aliphatic rings. The highest BCUT2D eigenvalue weighted by Crippen LogP contribution is 2.36. The van der Waals surface area contributed by atoms with Crippen molar-refractivity contribution in [3.8, 4) is 0 Å². The number of guanidine groups is 1. The Bertz CT molecular complexity index is 714. The third kappa shape index (κ3) is 6.81. The van der Waals surface area contributed by atoms with E-state index < -0.39 is 10.0 Å². The molecule has 0 aromatic heterocycles. The van der Waals surface area contributed by atoms with Gasteiger partial charge in [0.1, 0.15) is 0 Å². The minimum Gasteiger partial charge on any atom is -0.357 e. The van der Waals surface area contributed by atoms with Crippen molar-refractivity contribution in [3.63, 3.8) is 0 Å². The van der Waals surface area contributed by atoms with Crippen LogP contribution in [0.15, 0.2) is 29.3 Å². The smallest absolute Gasteiger partial charge is 0.215 e. The first-order valence-electron chi connectivity index (χ1n) is 9.01. The van der Waals surface area contributed by atoms with Gasteiger partial charge in [0.05, 0.1) is 12.3 Å². The van der Waals surface area contributed by atoms with Gasteiger partial charge in [-0.25, -0.2) is 18.1 Å². The summed E-state index contributed by atoms with van der Waals surface area (Å²) >= 11 is 2.02. The molecule has 0 bridgehead atoms. The van der Waals surface area contributed by atoms with E-state index in [9.17, 15) is 8.42 Å². The molecule has 1 aromatic carbocycles. The summed E-state index contributed by atoms with van der Waals surface area (Å²) in [6, 6.07) is 7.57. The molecule has 0 aliphatic carbocycles. The normalized spacial score (nSPS) is 21.0. The lowest BCUT2D eigenvalue weighted by atomic mass is 10.1. The van der Waals surface area contributed by atoms with Crippen molar-refractivity contribution >= 4 is 27.7 Å². The number of nitrogens with one attached hydrogen (secondary N) is 3. The van der Waals surface area contributed by atoms with Gasteiger partial charge < -0.3 is 10.6 Å². The van der Waals surface area contributed by atoms with E-state index >= 15 is 0 Å². The topological polar surface area (TPSA) is 82.6 Å². The van der Waals surface area contributed by atoms with E-state index in [-0.39, 0.29) is 10.5 Å². The summed E-state index contributed by atoms with van der Waals surface area (Å²) in [6.07, 6.45) is 2.50.